The van der Waals surface area contributed by atoms with Crippen molar-refractivity contribution in [1.82, 2.24) is 10.6 Å². The standard InChI is InChI=1S/C29H33N5O3S/c1-29(2,30)16-26(35)32-23-18-38-25-11-7-6-10-24(25)34(27(23)36)17-19-12-14-20(15-13-19)21-8-4-5-9-22(21)33-28(37)31-3/h4-15,23H,16-18,30H2,1-3H3,(H,32,35)(H2,31,33,37)/t23-/m1/s1. The van der Waals surface area contributed by atoms with Crippen LogP contribution in [-0.4, -0.2) is 42.2 Å². The van der Waals surface area contributed by atoms with Gasteiger partial charge in [0.1, 0.15) is 6.04 Å². The smallest absolute Gasteiger partial charge is 0.318 e. The fourth-order valence-electron chi connectivity index (χ4n) is 4.28. The number of hydrogen-bond acceptors (Lipinski definition) is 5. The van der Waals surface area contributed by atoms with E-state index in [4.69, 9.17) is 5.73 Å². The van der Waals surface area contributed by atoms with Gasteiger partial charge in [0.25, 0.3) is 5.91 Å². The van der Waals surface area contributed by atoms with Crippen LogP contribution >= 0.6 is 11.8 Å². The molecule has 0 spiro atoms. The predicted molar refractivity (Wildman–Crippen MR) is 153 cm³/mol. The number of carbonyl (C=O) groups is 3. The molecule has 0 fully saturated rings. The first-order valence-corrected chi connectivity index (χ1v) is 13.4. The zero-order valence-electron chi connectivity index (χ0n) is 21.8. The van der Waals surface area contributed by atoms with Crippen molar-refractivity contribution in [2.75, 3.05) is 23.0 Å². The summed E-state index contributed by atoms with van der Waals surface area (Å²) in [5.41, 5.74) is 9.64. The highest BCUT2D eigenvalue weighted by molar-refractivity contribution is 7.99. The van der Waals surface area contributed by atoms with Gasteiger partial charge in [0, 0.05) is 35.2 Å². The van der Waals surface area contributed by atoms with Gasteiger partial charge in [0.15, 0.2) is 0 Å². The van der Waals surface area contributed by atoms with Crippen LogP contribution < -0.4 is 26.6 Å². The van der Waals surface area contributed by atoms with Crippen molar-refractivity contribution in [2.45, 2.75) is 43.3 Å². The van der Waals surface area contributed by atoms with Crippen LogP contribution in [0.15, 0.2) is 77.7 Å². The first kappa shape index (κ1) is 27.2. The summed E-state index contributed by atoms with van der Waals surface area (Å²) in [5.74, 6) is 0.0440. The zero-order chi connectivity index (χ0) is 27.3. The summed E-state index contributed by atoms with van der Waals surface area (Å²) in [5, 5.41) is 8.32. The molecule has 3 aromatic rings. The highest BCUT2D eigenvalue weighted by atomic mass is 32.2. The van der Waals surface area contributed by atoms with Crippen molar-refractivity contribution >= 4 is 41.0 Å². The minimum absolute atomic E-state index is 0.131. The lowest BCUT2D eigenvalue weighted by molar-refractivity contribution is -0.127. The maximum Gasteiger partial charge on any atom is 0.318 e. The largest absolute Gasteiger partial charge is 0.343 e. The first-order valence-electron chi connectivity index (χ1n) is 12.4. The Kier molecular flexibility index (Phi) is 8.38. The van der Waals surface area contributed by atoms with Crippen LogP contribution in [0.1, 0.15) is 25.8 Å². The van der Waals surface area contributed by atoms with E-state index >= 15 is 0 Å². The lowest BCUT2D eigenvalue weighted by Crippen LogP contribution is -2.51. The molecule has 0 bridgehead atoms. The number of thioether (sulfide) groups is 1. The molecule has 1 heterocycles. The molecule has 9 heteroatoms. The summed E-state index contributed by atoms with van der Waals surface area (Å²) in [6.07, 6.45) is 0.131. The third-order valence-corrected chi connectivity index (χ3v) is 7.24. The molecule has 4 amide bonds. The van der Waals surface area contributed by atoms with E-state index in [0.717, 1.165) is 27.3 Å². The van der Waals surface area contributed by atoms with E-state index in [9.17, 15) is 14.4 Å². The van der Waals surface area contributed by atoms with Gasteiger partial charge in [-0.15, -0.1) is 11.8 Å². The molecule has 5 N–H and O–H groups in total. The zero-order valence-corrected chi connectivity index (χ0v) is 22.6. The Morgan fingerprint density at radius 3 is 2.42 bits per heavy atom. The van der Waals surface area contributed by atoms with Crippen molar-refractivity contribution in [3.63, 3.8) is 0 Å². The highest BCUT2D eigenvalue weighted by Gasteiger charge is 2.32. The third-order valence-electron chi connectivity index (χ3n) is 6.09. The average molecular weight is 532 g/mol. The third kappa shape index (κ3) is 6.73. The molecule has 8 nitrogen and oxygen atoms in total. The van der Waals surface area contributed by atoms with E-state index in [0.29, 0.717) is 18.0 Å². The van der Waals surface area contributed by atoms with E-state index in [-0.39, 0.29) is 24.3 Å². The predicted octanol–water partition coefficient (Wildman–Crippen LogP) is 4.36. The van der Waals surface area contributed by atoms with Crippen LogP contribution in [0.4, 0.5) is 16.2 Å². The molecule has 0 aromatic heterocycles. The van der Waals surface area contributed by atoms with E-state index < -0.39 is 11.6 Å². The van der Waals surface area contributed by atoms with Gasteiger partial charge < -0.3 is 26.6 Å². The summed E-state index contributed by atoms with van der Waals surface area (Å²) in [6.45, 7) is 3.92. The van der Waals surface area contributed by atoms with Crippen LogP contribution in [0.3, 0.4) is 0 Å². The topological polar surface area (TPSA) is 117 Å². The molecule has 1 atom stereocenters. The van der Waals surface area contributed by atoms with Crippen molar-refractivity contribution in [3.05, 3.63) is 78.4 Å². The van der Waals surface area contributed by atoms with Gasteiger partial charge in [-0.2, -0.15) is 0 Å². The molecule has 0 saturated heterocycles. The van der Waals surface area contributed by atoms with Crippen molar-refractivity contribution in [2.24, 2.45) is 5.73 Å². The molecular weight excluding hydrogens is 498 g/mol. The number of rotatable bonds is 7. The Bertz CT molecular complexity index is 1320. The summed E-state index contributed by atoms with van der Waals surface area (Å²) >= 11 is 1.56. The number of amides is 4. The minimum atomic E-state index is -0.663. The monoisotopic (exact) mass is 531 g/mol. The molecule has 0 saturated carbocycles. The van der Waals surface area contributed by atoms with Gasteiger partial charge in [0.2, 0.25) is 5.91 Å². The Morgan fingerprint density at radius 1 is 1.03 bits per heavy atom. The van der Waals surface area contributed by atoms with Crippen LogP contribution in [0, 0.1) is 0 Å². The number of urea groups is 1. The number of nitrogens with zero attached hydrogens (tertiary/aromatic N) is 1. The molecule has 0 unspecified atom stereocenters. The maximum absolute atomic E-state index is 13.7. The van der Waals surface area contributed by atoms with Crippen molar-refractivity contribution in [3.8, 4) is 11.1 Å². The molecule has 1 aliphatic heterocycles. The molecule has 0 aliphatic carbocycles. The van der Waals surface area contributed by atoms with Crippen molar-refractivity contribution in [1.29, 1.82) is 0 Å². The number of fused-ring (bicyclic) bond motifs is 1. The first-order chi connectivity index (χ1) is 18.1. The minimum Gasteiger partial charge on any atom is -0.343 e. The molecule has 3 aromatic carbocycles. The number of nitrogens with one attached hydrogen (secondary N) is 3. The summed E-state index contributed by atoms with van der Waals surface area (Å²) in [4.78, 5) is 40.9. The summed E-state index contributed by atoms with van der Waals surface area (Å²) in [7, 11) is 1.57. The lowest BCUT2D eigenvalue weighted by atomic mass is 10.0. The van der Waals surface area contributed by atoms with Crippen LogP contribution in [0.5, 0.6) is 0 Å². The van der Waals surface area contributed by atoms with E-state index in [1.54, 1.807) is 37.6 Å². The number of nitrogens with two attached hydrogens (primary N) is 1. The van der Waals surface area contributed by atoms with Crippen molar-refractivity contribution < 1.29 is 14.4 Å². The number of carbonyl (C=O) groups excluding carboxylic acids is 3. The lowest BCUT2D eigenvalue weighted by Gasteiger charge is -2.27. The SMILES string of the molecule is CNC(=O)Nc1ccccc1-c1ccc(CN2C(=O)[C@H](NC(=O)CC(C)(C)N)CSc3ccccc32)cc1. The van der Waals surface area contributed by atoms with Gasteiger partial charge in [-0.1, -0.05) is 54.6 Å². The quantitative estimate of drug-likeness (QED) is 0.362. The Morgan fingerprint density at radius 2 is 1.71 bits per heavy atom. The van der Waals surface area contributed by atoms with Crippen LogP contribution in [0.25, 0.3) is 11.1 Å². The molecular formula is C29H33N5O3S. The second-order valence-corrected chi connectivity index (χ2v) is 11.0. The second-order valence-electron chi connectivity index (χ2n) is 9.94. The summed E-state index contributed by atoms with van der Waals surface area (Å²) < 4.78 is 0. The Labute approximate surface area is 227 Å². The Hall–Kier alpha value is -3.82. The fourth-order valence-corrected chi connectivity index (χ4v) is 5.35. The van der Waals surface area contributed by atoms with Crippen LogP contribution in [-0.2, 0) is 16.1 Å². The fraction of sp³-hybridized carbons (Fsp3) is 0.276. The van der Waals surface area contributed by atoms with E-state index in [2.05, 4.69) is 16.0 Å². The molecule has 4 rings (SSSR count). The van der Waals surface area contributed by atoms with Crippen LogP contribution in [0.2, 0.25) is 0 Å². The number of benzene rings is 3. The normalized spacial score (nSPS) is 15.3. The molecule has 0 radical (unpaired) electrons. The molecule has 38 heavy (non-hydrogen) atoms. The average Bonchev–Trinajstić information content (AvgIpc) is 3.01. The number of anilines is 2. The van der Waals surface area contributed by atoms with Gasteiger partial charge in [-0.05, 0) is 43.2 Å². The van der Waals surface area contributed by atoms with Gasteiger partial charge in [-0.3, -0.25) is 9.59 Å². The second kappa shape index (κ2) is 11.7. The maximum atomic E-state index is 13.7. The Balaban J connectivity index is 1.57. The van der Waals surface area contributed by atoms with E-state index in [1.165, 1.54) is 0 Å². The van der Waals surface area contributed by atoms with E-state index in [1.807, 2.05) is 72.8 Å². The van der Waals surface area contributed by atoms with Gasteiger partial charge >= 0.3 is 6.03 Å². The number of para-hydroxylation sites is 2. The molecule has 198 valence electrons. The highest BCUT2D eigenvalue weighted by Crippen LogP contribution is 2.35. The van der Waals surface area contributed by atoms with Gasteiger partial charge in [-0.25, -0.2) is 4.79 Å². The molecule has 1 aliphatic rings. The number of hydrogen-bond donors (Lipinski definition) is 4. The van der Waals surface area contributed by atoms with Gasteiger partial charge in [0.05, 0.1) is 17.9 Å². The summed E-state index contributed by atoms with van der Waals surface area (Å²) in [6, 6.07) is 22.3.